The van der Waals surface area contributed by atoms with E-state index in [1.807, 2.05) is 6.07 Å². The third-order valence-electron chi connectivity index (χ3n) is 7.63. The number of ether oxygens (including phenoxy) is 3. The maximum atomic E-state index is 11.9. The van der Waals surface area contributed by atoms with Gasteiger partial charge in [0.05, 0.1) is 48.3 Å². The van der Waals surface area contributed by atoms with Crippen molar-refractivity contribution in [1.82, 2.24) is 4.98 Å². The van der Waals surface area contributed by atoms with Gasteiger partial charge in [-0.1, -0.05) is 23.7 Å². The van der Waals surface area contributed by atoms with E-state index in [2.05, 4.69) is 38.5 Å². The van der Waals surface area contributed by atoms with Crippen molar-refractivity contribution in [3.63, 3.8) is 0 Å². The molecular formula is C27H33ClN4O5S. The van der Waals surface area contributed by atoms with Crippen LogP contribution in [-0.4, -0.2) is 90.0 Å². The Balaban J connectivity index is 1.09. The number of pyridine rings is 1. The summed E-state index contributed by atoms with van der Waals surface area (Å²) in [6.07, 6.45) is 4.42. The van der Waals surface area contributed by atoms with Gasteiger partial charge in [0.2, 0.25) is 0 Å². The van der Waals surface area contributed by atoms with Crippen molar-refractivity contribution in [1.29, 1.82) is 0 Å². The molecule has 4 aliphatic rings. The summed E-state index contributed by atoms with van der Waals surface area (Å²) in [5.74, 6) is 1.06. The van der Waals surface area contributed by atoms with Gasteiger partial charge in [0, 0.05) is 46.6 Å². The number of hydrogen-bond donors (Lipinski definition) is 1. The first-order valence-electron chi connectivity index (χ1n) is 13.1. The number of aromatic nitrogens is 1. The summed E-state index contributed by atoms with van der Waals surface area (Å²) in [5, 5.41) is 10.5. The van der Waals surface area contributed by atoms with Crippen LogP contribution in [0.2, 0.25) is 5.02 Å². The van der Waals surface area contributed by atoms with Crippen molar-refractivity contribution in [2.24, 2.45) is 15.3 Å². The number of hydrogen-bond acceptors (Lipinski definition) is 9. The molecule has 1 aromatic carbocycles. The molecule has 0 radical (unpaired) electrons. The van der Waals surface area contributed by atoms with E-state index in [4.69, 9.17) is 30.8 Å². The van der Waals surface area contributed by atoms with Crippen molar-refractivity contribution in [2.45, 2.75) is 43.7 Å². The van der Waals surface area contributed by atoms with Crippen LogP contribution in [-0.2, 0) is 30.4 Å². The van der Waals surface area contributed by atoms with Crippen molar-refractivity contribution in [3.8, 4) is 11.3 Å². The quantitative estimate of drug-likeness (QED) is 0.597. The number of piperidine rings is 1. The van der Waals surface area contributed by atoms with Gasteiger partial charge in [-0.3, -0.25) is 4.21 Å². The van der Waals surface area contributed by atoms with Crippen LogP contribution in [0.3, 0.4) is 0 Å². The van der Waals surface area contributed by atoms with Gasteiger partial charge < -0.3 is 24.2 Å². The number of aliphatic hydroxyl groups excluding tert-OH is 1. The number of halogens is 1. The van der Waals surface area contributed by atoms with Gasteiger partial charge in [0.15, 0.2) is 12.0 Å². The summed E-state index contributed by atoms with van der Waals surface area (Å²) in [7, 11) is -2.03. The van der Waals surface area contributed by atoms with Gasteiger partial charge in [0.25, 0.3) is 0 Å². The van der Waals surface area contributed by atoms with Crippen LogP contribution in [0.4, 0.5) is 11.4 Å². The fraction of sp³-hybridized carbons (Fsp3) is 0.556. The van der Waals surface area contributed by atoms with Gasteiger partial charge in [-0.2, -0.15) is 0 Å². The van der Waals surface area contributed by atoms with E-state index in [0.29, 0.717) is 42.1 Å². The Hall–Kier alpha value is -2.24. The first-order valence-corrected chi connectivity index (χ1v) is 15.8. The molecule has 1 aromatic heterocycles. The molecule has 5 heterocycles. The molecule has 2 aromatic rings. The Kier molecular flexibility index (Phi) is 7.11. The SMILES string of the molecule is CS(C)(=O)=NCC1CCN(c2ccc(-c3nc4c(cc3Cl)N=C(O[C@@H]3CO[C@H]5[C@@H]3OC[C@H]5O)C4)cc2)CC1. The summed E-state index contributed by atoms with van der Waals surface area (Å²) in [6.45, 7) is 3.23. The fourth-order valence-corrected chi connectivity index (χ4v) is 6.36. The predicted octanol–water partition coefficient (Wildman–Crippen LogP) is 3.48. The third-order valence-corrected chi connectivity index (χ3v) is 8.69. The molecule has 204 valence electrons. The number of aliphatic hydroxyl groups is 1. The first kappa shape index (κ1) is 26.0. The van der Waals surface area contributed by atoms with Crippen molar-refractivity contribution >= 4 is 38.6 Å². The van der Waals surface area contributed by atoms with E-state index in [0.717, 1.165) is 42.9 Å². The number of anilines is 1. The minimum absolute atomic E-state index is 0.261. The molecule has 4 aliphatic heterocycles. The molecule has 11 heteroatoms. The second-order valence-electron chi connectivity index (χ2n) is 10.8. The van der Waals surface area contributed by atoms with E-state index in [1.165, 1.54) is 5.69 Å². The van der Waals surface area contributed by atoms with E-state index >= 15 is 0 Å². The number of aliphatic imine (C=N–C) groups is 1. The molecule has 0 aliphatic carbocycles. The molecule has 0 unspecified atom stereocenters. The molecule has 38 heavy (non-hydrogen) atoms. The number of fused-ring (bicyclic) bond motifs is 2. The van der Waals surface area contributed by atoms with Crippen molar-refractivity contribution in [3.05, 3.63) is 41.0 Å². The molecule has 0 saturated carbocycles. The zero-order valence-electron chi connectivity index (χ0n) is 21.6. The largest absolute Gasteiger partial charge is 0.472 e. The second kappa shape index (κ2) is 10.4. The van der Waals surface area contributed by atoms with Crippen LogP contribution in [0.1, 0.15) is 18.5 Å². The van der Waals surface area contributed by atoms with E-state index < -0.39 is 15.8 Å². The minimum atomic E-state index is -2.03. The van der Waals surface area contributed by atoms with Crippen LogP contribution < -0.4 is 4.90 Å². The lowest BCUT2D eigenvalue weighted by Crippen LogP contribution is -2.34. The van der Waals surface area contributed by atoms with Crippen LogP contribution in [0.5, 0.6) is 0 Å². The van der Waals surface area contributed by atoms with Crippen molar-refractivity contribution < 1.29 is 23.5 Å². The Morgan fingerprint density at radius 3 is 2.63 bits per heavy atom. The summed E-state index contributed by atoms with van der Waals surface area (Å²) >= 11 is 6.64. The van der Waals surface area contributed by atoms with Crippen LogP contribution in [0.15, 0.2) is 39.7 Å². The summed E-state index contributed by atoms with van der Waals surface area (Å²) in [5.41, 5.74) is 4.38. The molecule has 0 spiro atoms. The van der Waals surface area contributed by atoms with Gasteiger partial charge >= 0.3 is 0 Å². The highest BCUT2D eigenvalue weighted by Gasteiger charge is 2.49. The topological polar surface area (TPSA) is 106 Å². The average Bonchev–Trinajstić information content (AvgIpc) is 3.59. The lowest BCUT2D eigenvalue weighted by atomic mass is 9.96. The number of benzene rings is 1. The van der Waals surface area contributed by atoms with Crippen LogP contribution >= 0.6 is 11.6 Å². The minimum Gasteiger partial charge on any atom is -0.472 e. The monoisotopic (exact) mass is 560 g/mol. The Morgan fingerprint density at radius 2 is 1.89 bits per heavy atom. The highest BCUT2D eigenvalue weighted by Crippen LogP contribution is 2.37. The Bertz CT molecular complexity index is 1340. The van der Waals surface area contributed by atoms with Gasteiger partial charge in [0.1, 0.15) is 18.3 Å². The lowest BCUT2D eigenvalue weighted by molar-refractivity contribution is 0.00558. The molecule has 1 N–H and O–H groups in total. The van der Waals surface area contributed by atoms with Crippen LogP contribution in [0.25, 0.3) is 11.3 Å². The maximum absolute atomic E-state index is 11.9. The standard InChI is InChI=1S/C27H33ClN4O5S/c1-38(2,34)29-13-16-7-9-32(10-8-16)18-5-3-17(4-6-18)25-19(28)11-20-21(31-25)12-24(30-20)37-23-15-36-26-22(33)14-35-27(23)26/h3-6,11,16,22-23,26-27,33H,7-10,12-15H2,1-2H3/t22-,23-,26-,27-/m1/s1. The zero-order valence-corrected chi connectivity index (χ0v) is 23.2. The first-order chi connectivity index (χ1) is 18.2. The fourth-order valence-electron chi connectivity index (χ4n) is 5.54. The molecule has 0 amide bonds. The lowest BCUT2D eigenvalue weighted by Gasteiger charge is -2.33. The van der Waals surface area contributed by atoms with E-state index in [1.54, 1.807) is 12.5 Å². The molecule has 0 bridgehead atoms. The maximum Gasteiger partial charge on any atom is 0.195 e. The number of rotatable bonds is 5. The third kappa shape index (κ3) is 5.42. The predicted molar refractivity (Wildman–Crippen MR) is 148 cm³/mol. The number of nitrogens with zero attached hydrogens (tertiary/aromatic N) is 4. The molecular weight excluding hydrogens is 528 g/mol. The Morgan fingerprint density at radius 1 is 1.16 bits per heavy atom. The Labute approximate surface area is 228 Å². The summed E-state index contributed by atoms with van der Waals surface area (Å²) < 4.78 is 33.6. The van der Waals surface area contributed by atoms with E-state index in [9.17, 15) is 9.32 Å². The highest BCUT2D eigenvalue weighted by atomic mass is 35.5. The molecule has 6 rings (SSSR count). The average molecular weight is 561 g/mol. The molecule has 4 atom stereocenters. The van der Waals surface area contributed by atoms with E-state index in [-0.39, 0.29) is 24.9 Å². The molecule has 3 fully saturated rings. The van der Waals surface area contributed by atoms with Crippen LogP contribution in [0, 0.1) is 5.92 Å². The summed E-state index contributed by atoms with van der Waals surface area (Å²) in [4.78, 5) is 11.8. The highest BCUT2D eigenvalue weighted by molar-refractivity contribution is 7.92. The smallest absolute Gasteiger partial charge is 0.195 e. The van der Waals surface area contributed by atoms with Crippen molar-refractivity contribution in [2.75, 3.05) is 50.3 Å². The van der Waals surface area contributed by atoms with Gasteiger partial charge in [-0.05, 0) is 37.0 Å². The van der Waals surface area contributed by atoms with Gasteiger partial charge in [-0.25, -0.2) is 14.3 Å². The normalized spacial score (nSPS) is 27.3. The zero-order chi connectivity index (χ0) is 26.4. The molecule has 9 nitrogen and oxygen atoms in total. The second-order valence-corrected chi connectivity index (χ2v) is 13.8. The van der Waals surface area contributed by atoms with Gasteiger partial charge in [-0.15, -0.1) is 0 Å². The molecule has 3 saturated heterocycles. The summed E-state index contributed by atoms with van der Waals surface area (Å²) in [6, 6.07) is 10.2.